The number of benzene rings is 1. The van der Waals surface area contributed by atoms with Crippen LogP contribution in [0.5, 0.6) is 0 Å². The van der Waals surface area contributed by atoms with Crippen molar-refractivity contribution in [2.75, 3.05) is 0 Å². The van der Waals surface area contributed by atoms with E-state index in [2.05, 4.69) is 50.0 Å². The Labute approximate surface area is 125 Å². The van der Waals surface area contributed by atoms with Gasteiger partial charge < -0.3 is 5.73 Å². The Bertz CT molecular complexity index is 551. The summed E-state index contributed by atoms with van der Waals surface area (Å²) >= 11 is 1.68. The first-order valence-electron chi connectivity index (χ1n) is 6.86. The molecule has 1 aromatic heterocycles. The molecule has 1 atom stereocenters. The summed E-state index contributed by atoms with van der Waals surface area (Å²) in [4.78, 5) is 5.66. The van der Waals surface area contributed by atoms with E-state index in [0.29, 0.717) is 0 Å². The fraction of sp³-hybridized carbons (Fsp3) is 0.353. The molecule has 0 aliphatic heterocycles. The van der Waals surface area contributed by atoms with Gasteiger partial charge in [0.15, 0.2) is 0 Å². The van der Waals surface area contributed by atoms with Gasteiger partial charge in [-0.1, -0.05) is 50.7 Å². The molecule has 0 radical (unpaired) electrons. The lowest BCUT2D eigenvalue weighted by molar-refractivity contribution is 0.590. The Morgan fingerprint density at radius 1 is 1.05 bits per heavy atom. The van der Waals surface area contributed by atoms with Gasteiger partial charge in [0.2, 0.25) is 0 Å². The maximum absolute atomic E-state index is 5.83. The van der Waals surface area contributed by atoms with E-state index in [1.807, 2.05) is 25.3 Å². The third-order valence-corrected chi connectivity index (χ3v) is 4.19. The lowest BCUT2D eigenvalue weighted by atomic mass is 9.87. The van der Waals surface area contributed by atoms with Crippen LogP contribution < -0.4 is 5.73 Å². The van der Waals surface area contributed by atoms with Gasteiger partial charge in [-0.15, -0.1) is 0 Å². The summed E-state index contributed by atoms with van der Waals surface area (Å²) in [7, 11) is 0. The number of nitrogens with zero attached hydrogens (tertiary/aromatic N) is 1. The highest BCUT2D eigenvalue weighted by molar-refractivity contribution is 7.99. The van der Waals surface area contributed by atoms with Crippen LogP contribution in [0, 0.1) is 0 Å². The monoisotopic (exact) mass is 286 g/mol. The third-order valence-electron chi connectivity index (χ3n) is 3.23. The van der Waals surface area contributed by atoms with Crippen molar-refractivity contribution in [2.45, 2.75) is 49.1 Å². The fourth-order valence-corrected chi connectivity index (χ4v) is 2.62. The Morgan fingerprint density at radius 2 is 1.70 bits per heavy atom. The zero-order chi connectivity index (χ0) is 14.8. The van der Waals surface area contributed by atoms with Crippen molar-refractivity contribution in [3.05, 3.63) is 53.7 Å². The zero-order valence-electron chi connectivity index (χ0n) is 12.6. The van der Waals surface area contributed by atoms with E-state index in [1.165, 1.54) is 10.5 Å². The normalized spacial score (nSPS) is 13.2. The molecular formula is C17H22N2S. The molecular weight excluding hydrogens is 264 g/mol. The van der Waals surface area contributed by atoms with Crippen molar-refractivity contribution in [3.63, 3.8) is 0 Å². The van der Waals surface area contributed by atoms with Gasteiger partial charge >= 0.3 is 0 Å². The predicted octanol–water partition coefficient (Wildman–Crippen LogP) is 4.55. The first-order valence-corrected chi connectivity index (χ1v) is 7.68. The standard InChI is InChI=1S/C17H22N2S/c1-12(18)13-5-10-16(19-11-13)20-15-8-6-14(7-9-15)17(2,3)4/h5-12H,18H2,1-4H3/t12-/m0/s1. The summed E-state index contributed by atoms with van der Waals surface area (Å²) in [5.74, 6) is 0. The summed E-state index contributed by atoms with van der Waals surface area (Å²) in [5.41, 5.74) is 8.44. The molecule has 1 aromatic carbocycles. The SMILES string of the molecule is C[C@H](N)c1ccc(Sc2ccc(C(C)(C)C)cc2)nc1. The highest BCUT2D eigenvalue weighted by Crippen LogP contribution is 2.29. The summed E-state index contributed by atoms with van der Waals surface area (Å²) in [6.45, 7) is 8.64. The second kappa shape index (κ2) is 5.98. The third kappa shape index (κ3) is 3.84. The molecule has 0 saturated carbocycles. The minimum absolute atomic E-state index is 0.0348. The second-order valence-electron chi connectivity index (χ2n) is 6.09. The Morgan fingerprint density at radius 3 is 2.15 bits per heavy atom. The van der Waals surface area contributed by atoms with Crippen molar-refractivity contribution in [3.8, 4) is 0 Å². The average molecular weight is 286 g/mol. The molecule has 106 valence electrons. The maximum Gasteiger partial charge on any atom is 0.101 e. The molecule has 2 aromatic rings. The van der Waals surface area contributed by atoms with Gasteiger partial charge in [-0.3, -0.25) is 0 Å². The first kappa shape index (κ1) is 15.1. The highest BCUT2D eigenvalue weighted by Gasteiger charge is 2.13. The van der Waals surface area contributed by atoms with Gasteiger partial charge in [0.25, 0.3) is 0 Å². The molecule has 20 heavy (non-hydrogen) atoms. The van der Waals surface area contributed by atoms with Gasteiger partial charge in [-0.05, 0) is 41.7 Å². The quantitative estimate of drug-likeness (QED) is 0.899. The molecule has 0 spiro atoms. The zero-order valence-corrected chi connectivity index (χ0v) is 13.4. The Kier molecular flexibility index (Phi) is 4.51. The second-order valence-corrected chi connectivity index (χ2v) is 7.19. The van der Waals surface area contributed by atoms with Crippen LogP contribution in [0.3, 0.4) is 0 Å². The summed E-state index contributed by atoms with van der Waals surface area (Å²) < 4.78 is 0. The average Bonchev–Trinajstić information content (AvgIpc) is 2.39. The minimum atomic E-state index is 0.0348. The van der Waals surface area contributed by atoms with Crippen LogP contribution in [0.25, 0.3) is 0 Å². The molecule has 0 aliphatic carbocycles. The molecule has 0 amide bonds. The molecule has 2 nitrogen and oxygen atoms in total. The molecule has 0 fully saturated rings. The molecule has 0 unspecified atom stereocenters. The van der Waals surface area contributed by atoms with Crippen molar-refractivity contribution >= 4 is 11.8 Å². The van der Waals surface area contributed by atoms with Gasteiger partial charge in [0.05, 0.1) is 0 Å². The molecule has 1 heterocycles. The van der Waals surface area contributed by atoms with Gasteiger partial charge in [-0.25, -0.2) is 4.98 Å². The van der Waals surface area contributed by atoms with Crippen LogP contribution in [0.4, 0.5) is 0 Å². The van der Waals surface area contributed by atoms with Crippen molar-refractivity contribution in [2.24, 2.45) is 5.73 Å². The lowest BCUT2D eigenvalue weighted by Gasteiger charge is -2.19. The smallest absolute Gasteiger partial charge is 0.101 e. The van der Waals surface area contributed by atoms with Gasteiger partial charge in [0.1, 0.15) is 5.03 Å². The summed E-state index contributed by atoms with van der Waals surface area (Å²) in [6.07, 6.45) is 1.86. The van der Waals surface area contributed by atoms with E-state index in [0.717, 1.165) is 10.6 Å². The molecule has 3 heteroatoms. The van der Waals surface area contributed by atoms with Crippen LogP contribution in [0.2, 0.25) is 0 Å². The number of hydrogen-bond donors (Lipinski definition) is 1. The van der Waals surface area contributed by atoms with Crippen molar-refractivity contribution in [1.29, 1.82) is 0 Å². The molecule has 0 saturated heterocycles. The number of rotatable bonds is 3. The number of nitrogens with two attached hydrogens (primary N) is 1. The number of aromatic nitrogens is 1. The minimum Gasteiger partial charge on any atom is -0.324 e. The fourth-order valence-electron chi connectivity index (χ4n) is 1.87. The van der Waals surface area contributed by atoms with E-state index < -0.39 is 0 Å². The van der Waals surface area contributed by atoms with E-state index in [9.17, 15) is 0 Å². The van der Waals surface area contributed by atoms with Crippen molar-refractivity contribution in [1.82, 2.24) is 4.98 Å². The molecule has 0 aliphatic rings. The number of pyridine rings is 1. The van der Waals surface area contributed by atoms with Gasteiger partial charge in [-0.2, -0.15) is 0 Å². The lowest BCUT2D eigenvalue weighted by Crippen LogP contribution is -2.10. The molecule has 2 rings (SSSR count). The van der Waals surface area contributed by atoms with Crippen LogP contribution in [0.1, 0.15) is 44.9 Å². The summed E-state index contributed by atoms with van der Waals surface area (Å²) in [5, 5.41) is 0.998. The van der Waals surface area contributed by atoms with E-state index >= 15 is 0 Å². The Balaban J connectivity index is 2.10. The Hall–Kier alpha value is -1.32. The largest absolute Gasteiger partial charge is 0.324 e. The van der Waals surface area contributed by atoms with E-state index in [4.69, 9.17) is 5.73 Å². The van der Waals surface area contributed by atoms with E-state index in [-0.39, 0.29) is 11.5 Å². The molecule has 2 N–H and O–H groups in total. The van der Waals surface area contributed by atoms with Crippen LogP contribution in [-0.2, 0) is 5.41 Å². The van der Waals surface area contributed by atoms with Gasteiger partial charge in [0, 0.05) is 17.1 Å². The first-order chi connectivity index (χ1) is 9.36. The highest BCUT2D eigenvalue weighted by atomic mass is 32.2. The topological polar surface area (TPSA) is 38.9 Å². The summed E-state index contributed by atoms with van der Waals surface area (Å²) in [6, 6.07) is 12.8. The van der Waals surface area contributed by atoms with Crippen LogP contribution >= 0.6 is 11.8 Å². The maximum atomic E-state index is 5.83. The number of hydrogen-bond acceptors (Lipinski definition) is 3. The van der Waals surface area contributed by atoms with Crippen LogP contribution in [0.15, 0.2) is 52.5 Å². The van der Waals surface area contributed by atoms with Crippen molar-refractivity contribution < 1.29 is 0 Å². The van der Waals surface area contributed by atoms with Crippen LogP contribution in [-0.4, -0.2) is 4.98 Å². The predicted molar refractivity (Wildman–Crippen MR) is 86.1 cm³/mol. The molecule has 0 bridgehead atoms. The van der Waals surface area contributed by atoms with E-state index in [1.54, 1.807) is 11.8 Å².